The van der Waals surface area contributed by atoms with Crippen LogP contribution in [0.25, 0.3) is 0 Å². The normalized spacial score (nSPS) is 15.3. The molecule has 0 spiro atoms. The molecule has 3 heteroatoms. The molecule has 0 radical (unpaired) electrons. The summed E-state index contributed by atoms with van der Waals surface area (Å²) in [7, 11) is 2.28. The van der Waals surface area contributed by atoms with Crippen LogP contribution in [-0.2, 0) is 0 Å². The van der Waals surface area contributed by atoms with Gasteiger partial charge in [-0.15, -0.1) is 9.24 Å². The highest BCUT2D eigenvalue weighted by molar-refractivity contribution is 7.25. The lowest BCUT2D eigenvalue weighted by Gasteiger charge is -2.10. The molecule has 2 rings (SSSR count). The van der Waals surface area contributed by atoms with Gasteiger partial charge in [-0.3, -0.25) is 9.59 Å². The minimum Gasteiger partial charge on any atom is -0.289 e. The zero-order valence-electron chi connectivity index (χ0n) is 6.78. The predicted molar refractivity (Wildman–Crippen MR) is 52.9 cm³/mol. The average Bonchev–Trinajstić information content (AvgIpc) is 2.15. The van der Waals surface area contributed by atoms with Crippen molar-refractivity contribution in [2.45, 2.75) is 0 Å². The average molecular weight is 190 g/mol. The number of allylic oxidation sites excluding steroid dienone is 2. The molecule has 0 saturated carbocycles. The topological polar surface area (TPSA) is 34.1 Å². The van der Waals surface area contributed by atoms with Gasteiger partial charge in [0.1, 0.15) is 0 Å². The molecule has 0 heterocycles. The number of carbonyl (C=O) groups is 2. The van der Waals surface area contributed by atoms with Gasteiger partial charge in [0.15, 0.2) is 11.6 Å². The second-order valence-electron chi connectivity index (χ2n) is 2.84. The Bertz CT molecular complexity index is 432. The van der Waals surface area contributed by atoms with Crippen molar-refractivity contribution in [3.63, 3.8) is 0 Å². The monoisotopic (exact) mass is 190 g/mol. The molecule has 0 N–H and O–H groups in total. The van der Waals surface area contributed by atoms with Crippen LogP contribution in [0.5, 0.6) is 0 Å². The van der Waals surface area contributed by atoms with Gasteiger partial charge in [-0.2, -0.15) is 0 Å². The fourth-order valence-electron chi connectivity index (χ4n) is 1.34. The summed E-state index contributed by atoms with van der Waals surface area (Å²) in [4.78, 5) is 22.9. The van der Waals surface area contributed by atoms with E-state index in [1.807, 2.05) is 0 Å². The molecule has 1 aliphatic rings. The van der Waals surface area contributed by atoms with Crippen molar-refractivity contribution >= 4 is 20.8 Å². The fourth-order valence-corrected chi connectivity index (χ4v) is 1.64. The van der Waals surface area contributed by atoms with Crippen molar-refractivity contribution in [3.8, 4) is 0 Å². The van der Waals surface area contributed by atoms with E-state index in [1.54, 1.807) is 24.3 Å². The molecular formula is C10H7O2P. The number of Topliss-reactive ketones (excluding diaryl/α,β-unsaturated/α-hetero) is 1. The minimum atomic E-state index is -0.0970. The Balaban J connectivity index is 2.69. The van der Waals surface area contributed by atoms with E-state index < -0.39 is 0 Å². The van der Waals surface area contributed by atoms with E-state index in [0.29, 0.717) is 16.4 Å². The smallest absolute Gasteiger partial charge is 0.193 e. The molecule has 0 fully saturated rings. The summed E-state index contributed by atoms with van der Waals surface area (Å²) in [6.45, 7) is 0. The lowest BCUT2D eigenvalue weighted by Crippen LogP contribution is -2.13. The molecule has 0 amide bonds. The number of hydrogen-bond donors (Lipinski definition) is 0. The van der Waals surface area contributed by atoms with Crippen molar-refractivity contribution < 1.29 is 9.59 Å². The molecule has 0 aromatic heterocycles. The summed E-state index contributed by atoms with van der Waals surface area (Å²) < 4.78 is 0. The molecule has 1 unspecified atom stereocenters. The van der Waals surface area contributed by atoms with Crippen LogP contribution in [0.4, 0.5) is 0 Å². The largest absolute Gasteiger partial charge is 0.289 e. The standard InChI is InChI=1S/C10H7O2P/c11-8-5-9(13)10(12)7-4-2-1-3-6(7)8/h1-5H,13H2. The molecule has 13 heavy (non-hydrogen) atoms. The van der Waals surface area contributed by atoms with Crippen LogP contribution in [0.2, 0.25) is 0 Å². The number of benzene rings is 1. The number of carbonyl (C=O) groups excluding carboxylic acids is 2. The van der Waals surface area contributed by atoms with Gasteiger partial charge in [0.2, 0.25) is 0 Å². The molecule has 0 aliphatic heterocycles. The molecule has 2 nitrogen and oxygen atoms in total. The number of hydrogen-bond acceptors (Lipinski definition) is 2. The number of fused-ring (bicyclic) bond motifs is 1. The van der Waals surface area contributed by atoms with Crippen LogP contribution in [0, 0.1) is 0 Å². The minimum absolute atomic E-state index is 0.0831. The summed E-state index contributed by atoms with van der Waals surface area (Å²) in [6, 6.07) is 6.86. The predicted octanol–water partition coefficient (Wildman–Crippen LogP) is 1.82. The summed E-state index contributed by atoms with van der Waals surface area (Å²) >= 11 is 0. The number of ketones is 2. The Morgan fingerprint density at radius 3 is 2.31 bits per heavy atom. The zero-order valence-corrected chi connectivity index (χ0v) is 7.94. The van der Waals surface area contributed by atoms with Gasteiger partial charge in [0.05, 0.1) is 0 Å². The van der Waals surface area contributed by atoms with Crippen molar-refractivity contribution in [1.29, 1.82) is 0 Å². The first-order valence-electron chi connectivity index (χ1n) is 3.85. The lowest BCUT2D eigenvalue weighted by atomic mass is 9.95. The fraction of sp³-hybridized carbons (Fsp3) is 0. The third-order valence-electron chi connectivity index (χ3n) is 1.99. The molecule has 1 aromatic rings. The highest BCUT2D eigenvalue weighted by Gasteiger charge is 2.21. The van der Waals surface area contributed by atoms with Crippen molar-refractivity contribution in [3.05, 3.63) is 46.8 Å². The maximum atomic E-state index is 11.5. The SMILES string of the molecule is O=C1C=C(P)C(=O)c2ccccc21. The molecule has 0 bridgehead atoms. The van der Waals surface area contributed by atoms with Crippen LogP contribution in [0.1, 0.15) is 20.7 Å². The Morgan fingerprint density at radius 1 is 1.00 bits per heavy atom. The van der Waals surface area contributed by atoms with Crippen LogP contribution in [-0.4, -0.2) is 11.6 Å². The second kappa shape index (κ2) is 2.90. The Labute approximate surface area is 77.8 Å². The van der Waals surface area contributed by atoms with Gasteiger partial charge in [0, 0.05) is 16.4 Å². The second-order valence-corrected chi connectivity index (χ2v) is 3.46. The van der Waals surface area contributed by atoms with Gasteiger partial charge in [-0.05, 0) is 6.08 Å². The third kappa shape index (κ3) is 1.24. The van der Waals surface area contributed by atoms with E-state index in [-0.39, 0.29) is 11.6 Å². The molecule has 0 saturated heterocycles. The maximum Gasteiger partial charge on any atom is 0.193 e. The van der Waals surface area contributed by atoms with Gasteiger partial charge < -0.3 is 0 Å². The first kappa shape index (κ1) is 8.33. The van der Waals surface area contributed by atoms with Crippen LogP contribution >= 0.6 is 9.24 Å². The third-order valence-corrected chi connectivity index (χ3v) is 2.41. The van der Waals surface area contributed by atoms with Gasteiger partial charge in [-0.25, -0.2) is 0 Å². The maximum absolute atomic E-state index is 11.5. The summed E-state index contributed by atoms with van der Waals surface area (Å²) in [5, 5.41) is 0.434. The molecule has 1 aromatic carbocycles. The van der Waals surface area contributed by atoms with E-state index in [4.69, 9.17) is 0 Å². The van der Waals surface area contributed by atoms with E-state index >= 15 is 0 Å². The molecular weight excluding hydrogens is 183 g/mol. The summed E-state index contributed by atoms with van der Waals surface area (Å²) in [6.07, 6.45) is 1.36. The van der Waals surface area contributed by atoms with Crippen LogP contribution in [0.3, 0.4) is 0 Å². The molecule has 64 valence electrons. The molecule has 1 aliphatic carbocycles. The number of rotatable bonds is 0. The summed E-state index contributed by atoms with van der Waals surface area (Å²) in [5.41, 5.74) is 0.999. The Hall–Kier alpha value is -1.27. The van der Waals surface area contributed by atoms with Gasteiger partial charge in [0.25, 0.3) is 0 Å². The van der Waals surface area contributed by atoms with Gasteiger partial charge in [-0.1, -0.05) is 24.3 Å². The van der Waals surface area contributed by atoms with Gasteiger partial charge >= 0.3 is 0 Å². The first-order valence-corrected chi connectivity index (χ1v) is 4.43. The highest BCUT2D eigenvalue weighted by Crippen LogP contribution is 2.23. The summed E-state index contributed by atoms with van der Waals surface area (Å²) in [5.74, 6) is -0.180. The molecule has 1 atom stereocenters. The van der Waals surface area contributed by atoms with E-state index in [2.05, 4.69) is 9.24 Å². The van der Waals surface area contributed by atoms with Crippen molar-refractivity contribution in [2.24, 2.45) is 0 Å². The van der Waals surface area contributed by atoms with Crippen molar-refractivity contribution in [1.82, 2.24) is 0 Å². The lowest BCUT2D eigenvalue weighted by molar-refractivity contribution is 0.0991. The van der Waals surface area contributed by atoms with E-state index in [1.165, 1.54) is 6.08 Å². The van der Waals surface area contributed by atoms with Crippen molar-refractivity contribution in [2.75, 3.05) is 0 Å². The first-order chi connectivity index (χ1) is 6.20. The highest BCUT2D eigenvalue weighted by atomic mass is 31.0. The van der Waals surface area contributed by atoms with E-state index in [0.717, 1.165) is 0 Å². The quantitative estimate of drug-likeness (QED) is 0.585. The van der Waals surface area contributed by atoms with Crippen LogP contribution in [0.15, 0.2) is 35.7 Å². The Morgan fingerprint density at radius 2 is 1.62 bits per heavy atom. The Kier molecular flexibility index (Phi) is 1.86. The van der Waals surface area contributed by atoms with Crippen LogP contribution < -0.4 is 0 Å². The van der Waals surface area contributed by atoms with E-state index in [9.17, 15) is 9.59 Å². The zero-order chi connectivity index (χ0) is 9.42.